The third-order valence-corrected chi connectivity index (χ3v) is 3.95. The van der Waals surface area contributed by atoms with E-state index < -0.39 is 0 Å². The zero-order chi connectivity index (χ0) is 12.5. The minimum atomic E-state index is -0.258. The van der Waals surface area contributed by atoms with E-state index in [1.165, 1.54) is 6.07 Å². The quantitative estimate of drug-likeness (QED) is 0.912. The molecule has 0 radical (unpaired) electrons. The summed E-state index contributed by atoms with van der Waals surface area (Å²) in [5, 5.41) is 2.99. The third-order valence-electron chi connectivity index (χ3n) is 3.46. The van der Waals surface area contributed by atoms with Gasteiger partial charge in [-0.05, 0) is 37.0 Å². The van der Waals surface area contributed by atoms with E-state index in [9.17, 15) is 9.18 Å². The summed E-state index contributed by atoms with van der Waals surface area (Å²) in [5.74, 6) is -0.141. The molecule has 1 N–H and O–H groups in total. The number of carbonyl (C=O) groups is 1. The topological polar surface area (TPSA) is 29.1 Å². The highest BCUT2D eigenvalue weighted by molar-refractivity contribution is 9.10. The summed E-state index contributed by atoms with van der Waals surface area (Å²) in [4.78, 5) is 11.3. The van der Waals surface area contributed by atoms with Crippen LogP contribution in [-0.4, -0.2) is 11.4 Å². The van der Waals surface area contributed by atoms with Crippen molar-refractivity contribution in [1.29, 1.82) is 0 Å². The lowest BCUT2D eigenvalue weighted by atomic mass is 9.87. The van der Waals surface area contributed by atoms with Gasteiger partial charge in [-0.2, -0.15) is 0 Å². The first-order valence-electron chi connectivity index (χ1n) is 5.79. The molecular weight excluding hydrogens is 285 g/mol. The van der Waals surface area contributed by atoms with Gasteiger partial charge in [0.1, 0.15) is 5.82 Å². The van der Waals surface area contributed by atoms with Crippen LogP contribution < -0.4 is 5.32 Å². The minimum Gasteiger partial charge on any atom is -0.350 e. The molecule has 4 heteroatoms. The molecule has 0 aliphatic carbocycles. The van der Waals surface area contributed by atoms with Gasteiger partial charge < -0.3 is 5.32 Å². The average molecular weight is 300 g/mol. The minimum absolute atomic E-state index is 0.0735. The van der Waals surface area contributed by atoms with Crippen molar-refractivity contribution in [3.05, 3.63) is 34.1 Å². The SMILES string of the molecule is CCC1(Cc2ccc(Br)cc2F)CCC(=O)N1. The Hall–Kier alpha value is -0.900. The van der Waals surface area contributed by atoms with Crippen LogP contribution in [-0.2, 0) is 11.2 Å². The van der Waals surface area contributed by atoms with Crippen molar-refractivity contribution >= 4 is 21.8 Å². The molecule has 1 unspecified atom stereocenters. The summed E-state index contributed by atoms with van der Waals surface area (Å²) < 4.78 is 14.5. The second-order valence-electron chi connectivity index (χ2n) is 4.59. The highest BCUT2D eigenvalue weighted by atomic mass is 79.9. The first-order chi connectivity index (χ1) is 8.04. The molecule has 17 heavy (non-hydrogen) atoms. The van der Waals surface area contributed by atoms with Gasteiger partial charge in [0, 0.05) is 16.4 Å². The van der Waals surface area contributed by atoms with Crippen molar-refractivity contribution in [3.63, 3.8) is 0 Å². The third kappa shape index (κ3) is 2.68. The maximum Gasteiger partial charge on any atom is 0.220 e. The Kier molecular flexibility index (Phi) is 3.52. The van der Waals surface area contributed by atoms with Crippen LogP contribution in [0.15, 0.2) is 22.7 Å². The number of nitrogens with one attached hydrogen (secondary N) is 1. The first-order valence-corrected chi connectivity index (χ1v) is 6.59. The molecule has 1 amide bonds. The second kappa shape index (κ2) is 4.77. The summed E-state index contributed by atoms with van der Waals surface area (Å²) in [5.41, 5.74) is 0.406. The average Bonchev–Trinajstić information content (AvgIpc) is 2.65. The van der Waals surface area contributed by atoms with Crippen LogP contribution in [0.5, 0.6) is 0 Å². The number of halogens is 2. The van der Waals surface area contributed by atoms with Crippen LogP contribution in [0.4, 0.5) is 4.39 Å². The Balaban J connectivity index is 2.21. The predicted octanol–water partition coefficient (Wildman–Crippen LogP) is 3.19. The largest absolute Gasteiger partial charge is 0.350 e. The smallest absolute Gasteiger partial charge is 0.220 e. The molecule has 2 nitrogen and oxygen atoms in total. The van der Waals surface area contributed by atoms with Gasteiger partial charge in [-0.1, -0.05) is 28.9 Å². The highest BCUT2D eigenvalue weighted by Crippen LogP contribution is 2.29. The monoisotopic (exact) mass is 299 g/mol. The number of rotatable bonds is 3. The lowest BCUT2D eigenvalue weighted by Crippen LogP contribution is -2.43. The van der Waals surface area contributed by atoms with E-state index in [-0.39, 0.29) is 17.3 Å². The van der Waals surface area contributed by atoms with Gasteiger partial charge in [0.25, 0.3) is 0 Å². The first kappa shape index (κ1) is 12.6. The molecular formula is C13H15BrFNO. The van der Waals surface area contributed by atoms with Crippen LogP contribution in [0.1, 0.15) is 31.7 Å². The molecule has 0 bridgehead atoms. The van der Waals surface area contributed by atoms with Crippen LogP contribution >= 0.6 is 15.9 Å². The number of carbonyl (C=O) groups excluding carboxylic acids is 1. The molecule has 1 saturated heterocycles. The molecule has 1 fully saturated rings. The molecule has 1 heterocycles. The van der Waals surface area contributed by atoms with Gasteiger partial charge in [-0.25, -0.2) is 4.39 Å². The Morgan fingerprint density at radius 2 is 2.29 bits per heavy atom. The molecule has 2 rings (SSSR count). The van der Waals surface area contributed by atoms with Gasteiger partial charge in [0.05, 0.1) is 0 Å². The molecule has 1 atom stereocenters. The zero-order valence-electron chi connectivity index (χ0n) is 9.72. The Morgan fingerprint density at radius 3 is 2.82 bits per heavy atom. The summed E-state index contributed by atoms with van der Waals surface area (Å²) in [6.45, 7) is 2.03. The predicted molar refractivity (Wildman–Crippen MR) is 68.2 cm³/mol. The summed E-state index contributed by atoms with van der Waals surface area (Å²) in [6.07, 6.45) is 2.73. The van der Waals surface area contributed by atoms with Crippen molar-refractivity contribution in [2.24, 2.45) is 0 Å². The molecule has 0 spiro atoms. The van der Waals surface area contributed by atoms with Gasteiger partial charge >= 0.3 is 0 Å². The summed E-state index contributed by atoms with van der Waals surface area (Å²) in [6, 6.07) is 5.08. The van der Waals surface area contributed by atoms with Crippen molar-refractivity contribution < 1.29 is 9.18 Å². The van der Waals surface area contributed by atoms with Gasteiger partial charge in [-0.15, -0.1) is 0 Å². The Labute approximate surface area is 109 Å². The van der Waals surface area contributed by atoms with Crippen molar-refractivity contribution in [2.45, 2.75) is 38.1 Å². The van der Waals surface area contributed by atoms with Crippen molar-refractivity contribution in [1.82, 2.24) is 5.32 Å². The maximum absolute atomic E-state index is 13.8. The van der Waals surface area contributed by atoms with Crippen LogP contribution in [0.25, 0.3) is 0 Å². The molecule has 1 aliphatic rings. The standard InChI is InChI=1S/C13H15BrFNO/c1-2-13(6-5-12(17)16-13)8-9-3-4-10(14)7-11(9)15/h3-4,7H,2,5-6,8H2,1H3,(H,16,17). The zero-order valence-corrected chi connectivity index (χ0v) is 11.3. The van der Waals surface area contributed by atoms with E-state index >= 15 is 0 Å². The number of hydrogen-bond acceptors (Lipinski definition) is 1. The Bertz CT molecular complexity index is 449. The fourth-order valence-electron chi connectivity index (χ4n) is 2.33. The van der Waals surface area contributed by atoms with Gasteiger partial charge in [0.2, 0.25) is 5.91 Å². The fraction of sp³-hybridized carbons (Fsp3) is 0.462. The summed E-state index contributed by atoms with van der Waals surface area (Å²) >= 11 is 3.24. The Morgan fingerprint density at radius 1 is 1.53 bits per heavy atom. The lowest BCUT2D eigenvalue weighted by Gasteiger charge is -2.28. The van der Waals surface area contributed by atoms with Crippen molar-refractivity contribution in [2.75, 3.05) is 0 Å². The van der Waals surface area contributed by atoms with Crippen molar-refractivity contribution in [3.8, 4) is 0 Å². The lowest BCUT2D eigenvalue weighted by molar-refractivity contribution is -0.119. The van der Waals surface area contributed by atoms with E-state index in [0.717, 1.165) is 17.3 Å². The normalized spacial score (nSPS) is 23.8. The van der Waals surface area contributed by atoms with E-state index in [4.69, 9.17) is 0 Å². The maximum atomic E-state index is 13.8. The van der Waals surface area contributed by atoms with Crippen LogP contribution in [0.3, 0.4) is 0 Å². The fourth-order valence-corrected chi connectivity index (χ4v) is 2.66. The van der Waals surface area contributed by atoms with Gasteiger partial charge in [0.15, 0.2) is 0 Å². The molecule has 1 aromatic carbocycles. The number of amides is 1. The van der Waals surface area contributed by atoms with E-state index in [1.54, 1.807) is 6.07 Å². The van der Waals surface area contributed by atoms with E-state index in [2.05, 4.69) is 21.2 Å². The molecule has 1 aliphatic heterocycles. The molecule has 0 saturated carbocycles. The molecule has 1 aromatic rings. The van der Waals surface area contributed by atoms with Crippen LogP contribution in [0.2, 0.25) is 0 Å². The van der Waals surface area contributed by atoms with Gasteiger partial charge in [-0.3, -0.25) is 4.79 Å². The molecule has 0 aromatic heterocycles. The highest BCUT2D eigenvalue weighted by Gasteiger charge is 2.36. The number of hydrogen-bond donors (Lipinski definition) is 1. The summed E-state index contributed by atoms with van der Waals surface area (Å²) in [7, 11) is 0. The van der Waals surface area contributed by atoms with E-state index in [1.807, 2.05) is 13.0 Å². The second-order valence-corrected chi connectivity index (χ2v) is 5.51. The van der Waals surface area contributed by atoms with Crippen LogP contribution in [0, 0.1) is 5.82 Å². The van der Waals surface area contributed by atoms with E-state index in [0.29, 0.717) is 18.4 Å². The molecule has 92 valence electrons. The number of benzene rings is 1.